The molecule has 0 amide bonds. The molecule has 0 N–H and O–H groups in total. The SMILES string of the molecule is CC.CC.CC.CCC.c1ccc(OC2CO2)cc1.c1ccc2c(OC3CO3)cccc2c1. The maximum atomic E-state index is 5.62. The van der Waals surface area contributed by atoms with Crippen molar-refractivity contribution in [3.8, 4) is 11.5 Å². The highest BCUT2D eigenvalue weighted by atomic mass is 16.8. The molecule has 0 spiro atoms. The van der Waals surface area contributed by atoms with E-state index in [0.29, 0.717) is 6.61 Å². The van der Waals surface area contributed by atoms with Crippen LogP contribution < -0.4 is 9.47 Å². The Hall–Kier alpha value is -2.56. The highest BCUT2D eigenvalue weighted by molar-refractivity contribution is 5.88. The molecule has 3 aromatic rings. The second-order valence-corrected chi connectivity index (χ2v) is 6.26. The first-order valence-corrected chi connectivity index (χ1v) is 12.4. The molecule has 0 aliphatic carbocycles. The van der Waals surface area contributed by atoms with E-state index in [2.05, 4.69) is 32.0 Å². The van der Waals surface area contributed by atoms with Crippen LogP contribution in [0.5, 0.6) is 11.5 Å². The Bertz CT molecular complexity index is 807. The molecule has 4 heteroatoms. The van der Waals surface area contributed by atoms with Crippen molar-refractivity contribution in [2.75, 3.05) is 13.2 Å². The molecule has 2 aliphatic heterocycles. The smallest absolute Gasteiger partial charge is 0.223 e. The Balaban J connectivity index is 0.000000475. The third-order valence-electron chi connectivity index (χ3n) is 3.62. The maximum absolute atomic E-state index is 5.62. The normalized spacial score (nSPS) is 16.1. The number of fused-ring (bicyclic) bond motifs is 1. The molecule has 4 nitrogen and oxygen atoms in total. The fraction of sp³-hybridized carbons (Fsp3) is 0.448. The van der Waals surface area contributed by atoms with E-state index >= 15 is 0 Å². The van der Waals surface area contributed by atoms with Crippen LogP contribution >= 0.6 is 0 Å². The number of hydrogen-bond acceptors (Lipinski definition) is 4. The summed E-state index contributed by atoms with van der Waals surface area (Å²) in [4.78, 5) is 0. The van der Waals surface area contributed by atoms with E-state index in [9.17, 15) is 0 Å². The molecule has 5 rings (SSSR count). The van der Waals surface area contributed by atoms with Gasteiger partial charge in [0.15, 0.2) is 0 Å². The second kappa shape index (κ2) is 20.1. The number of benzene rings is 3. The zero-order chi connectivity index (χ0) is 24.9. The van der Waals surface area contributed by atoms with Gasteiger partial charge in [0.2, 0.25) is 12.6 Å². The van der Waals surface area contributed by atoms with Crippen LogP contribution in [-0.2, 0) is 9.47 Å². The van der Waals surface area contributed by atoms with Gasteiger partial charge >= 0.3 is 0 Å². The second-order valence-electron chi connectivity index (χ2n) is 6.26. The number of hydrogen-bond donors (Lipinski definition) is 0. The number of para-hydroxylation sites is 1. The fourth-order valence-electron chi connectivity index (χ4n) is 2.31. The lowest BCUT2D eigenvalue weighted by Gasteiger charge is -2.05. The third kappa shape index (κ3) is 13.6. The summed E-state index contributed by atoms with van der Waals surface area (Å²) in [5.74, 6) is 1.79. The van der Waals surface area contributed by atoms with Gasteiger partial charge in [-0.1, -0.05) is 116 Å². The van der Waals surface area contributed by atoms with E-state index in [-0.39, 0.29) is 12.6 Å². The van der Waals surface area contributed by atoms with Crippen LogP contribution in [0.3, 0.4) is 0 Å². The standard InChI is InChI=1S/C12H10O2.C8H8O2.C3H8.3C2H6/c1-2-6-10-9(4-1)5-3-7-11(10)14-12-8-13-12;1-2-4-7(5-3-1)10-8-6-9-8;1-3-2;3*1-2/h1-7,12H,8H2;1-5,8H,6H2;3H2,1-2H3;3*1-2H3. The Labute approximate surface area is 201 Å². The van der Waals surface area contributed by atoms with Crippen LogP contribution in [0.1, 0.15) is 61.8 Å². The van der Waals surface area contributed by atoms with Gasteiger partial charge in [-0.05, 0) is 23.6 Å². The highest BCUT2D eigenvalue weighted by Gasteiger charge is 2.25. The minimum Gasteiger partial charge on any atom is -0.462 e. The molecule has 2 saturated heterocycles. The Kier molecular flexibility index (Phi) is 18.5. The molecule has 33 heavy (non-hydrogen) atoms. The number of ether oxygens (including phenoxy) is 4. The zero-order valence-corrected chi connectivity index (χ0v) is 21.8. The van der Waals surface area contributed by atoms with Gasteiger partial charge in [-0.2, -0.15) is 0 Å². The summed E-state index contributed by atoms with van der Waals surface area (Å²) < 4.78 is 20.8. The lowest BCUT2D eigenvalue weighted by atomic mass is 10.1. The van der Waals surface area contributed by atoms with Gasteiger partial charge < -0.3 is 18.9 Å². The lowest BCUT2D eigenvalue weighted by molar-refractivity contribution is 0.179. The van der Waals surface area contributed by atoms with Crippen molar-refractivity contribution in [3.05, 3.63) is 72.8 Å². The predicted molar refractivity (Wildman–Crippen MR) is 141 cm³/mol. The molecule has 0 aromatic heterocycles. The summed E-state index contributed by atoms with van der Waals surface area (Å²) in [6, 6.07) is 23.9. The zero-order valence-electron chi connectivity index (χ0n) is 21.8. The summed E-state index contributed by atoms with van der Waals surface area (Å²) in [6.07, 6.45) is 1.24. The maximum Gasteiger partial charge on any atom is 0.223 e. The van der Waals surface area contributed by atoms with Crippen LogP contribution in [0.2, 0.25) is 0 Å². The van der Waals surface area contributed by atoms with Gasteiger partial charge in [0.1, 0.15) is 24.7 Å². The van der Waals surface area contributed by atoms with Crippen LogP contribution in [0, 0.1) is 0 Å². The molecule has 0 saturated carbocycles. The Morgan fingerprint density at radius 3 is 1.64 bits per heavy atom. The third-order valence-corrected chi connectivity index (χ3v) is 3.62. The molecule has 0 radical (unpaired) electrons. The van der Waals surface area contributed by atoms with E-state index in [1.54, 1.807) is 0 Å². The molecule has 3 aromatic carbocycles. The van der Waals surface area contributed by atoms with E-state index in [0.717, 1.165) is 23.5 Å². The van der Waals surface area contributed by atoms with Gasteiger partial charge in [-0.25, -0.2) is 0 Å². The lowest BCUT2D eigenvalue weighted by Crippen LogP contribution is -1.97. The fourth-order valence-corrected chi connectivity index (χ4v) is 2.31. The molecule has 0 bridgehead atoms. The minimum atomic E-state index is -0.0270. The van der Waals surface area contributed by atoms with Crippen molar-refractivity contribution in [1.82, 2.24) is 0 Å². The van der Waals surface area contributed by atoms with Crippen molar-refractivity contribution in [1.29, 1.82) is 0 Å². The van der Waals surface area contributed by atoms with Crippen molar-refractivity contribution in [2.45, 2.75) is 74.4 Å². The molecule has 2 unspecified atom stereocenters. The quantitative estimate of drug-likeness (QED) is 0.369. The van der Waals surface area contributed by atoms with E-state index in [1.165, 1.54) is 11.8 Å². The molecule has 2 aliphatic rings. The van der Waals surface area contributed by atoms with Gasteiger partial charge in [-0.3, -0.25) is 0 Å². The molecular formula is C29H44O4. The number of epoxide rings is 2. The van der Waals surface area contributed by atoms with E-state index in [4.69, 9.17) is 18.9 Å². The molecule has 2 atom stereocenters. The summed E-state index contributed by atoms with van der Waals surface area (Å²) in [7, 11) is 0. The molecule has 184 valence electrons. The topological polar surface area (TPSA) is 43.5 Å². The number of rotatable bonds is 4. The first-order chi connectivity index (χ1) is 16.3. The van der Waals surface area contributed by atoms with Gasteiger partial charge in [-0.15, -0.1) is 0 Å². The van der Waals surface area contributed by atoms with E-state index in [1.807, 2.05) is 96.1 Å². The van der Waals surface area contributed by atoms with Crippen molar-refractivity contribution >= 4 is 10.8 Å². The van der Waals surface area contributed by atoms with Crippen LogP contribution in [0.4, 0.5) is 0 Å². The van der Waals surface area contributed by atoms with E-state index < -0.39 is 0 Å². The van der Waals surface area contributed by atoms with Crippen LogP contribution in [0.25, 0.3) is 10.8 Å². The summed E-state index contributed by atoms with van der Waals surface area (Å²) in [6.45, 7) is 17.7. The van der Waals surface area contributed by atoms with Crippen molar-refractivity contribution < 1.29 is 18.9 Å². The first kappa shape index (κ1) is 30.4. The van der Waals surface area contributed by atoms with Gasteiger partial charge in [0, 0.05) is 5.39 Å². The summed E-state index contributed by atoms with van der Waals surface area (Å²) >= 11 is 0. The average molecular weight is 457 g/mol. The monoisotopic (exact) mass is 456 g/mol. The summed E-state index contributed by atoms with van der Waals surface area (Å²) in [5, 5.41) is 2.34. The molecule has 2 heterocycles. The first-order valence-electron chi connectivity index (χ1n) is 12.4. The summed E-state index contributed by atoms with van der Waals surface area (Å²) in [5.41, 5.74) is 0. The predicted octanol–water partition coefficient (Wildman–Crippen LogP) is 8.49. The van der Waals surface area contributed by atoms with Gasteiger partial charge in [0.25, 0.3) is 0 Å². The Morgan fingerprint density at radius 2 is 1.09 bits per heavy atom. The Morgan fingerprint density at radius 1 is 0.636 bits per heavy atom. The highest BCUT2D eigenvalue weighted by Crippen LogP contribution is 2.28. The molecule has 2 fully saturated rings. The van der Waals surface area contributed by atoms with Crippen molar-refractivity contribution in [3.63, 3.8) is 0 Å². The minimum absolute atomic E-state index is 0.0161. The average Bonchev–Trinajstić information content (AvgIpc) is 3.83. The molecular weight excluding hydrogens is 412 g/mol. The van der Waals surface area contributed by atoms with Crippen LogP contribution in [0.15, 0.2) is 72.8 Å². The van der Waals surface area contributed by atoms with Gasteiger partial charge in [0.05, 0.1) is 0 Å². The van der Waals surface area contributed by atoms with Crippen molar-refractivity contribution in [2.24, 2.45) is 0 Å². The largest absolute Gasteiger partial charge is 0.462 e. The van der Waals surface area contributed by atoms with Crippen LogP contribution in [-0.4, -0.2) is 25.8 Å².